The Balaban J connectivity index is 2.10. The molecule has 1 aliphatic rings. The summed E-state index contributed by atoms with van der Waals surface area (Å²) in [4.78, 5) is 0. The van der Waals surface area contributed by atoms with Gasteiger partial charge in [0.25, 0.3) is 0 Å². The highest BCUT2D eigenvalue weighted by molar-refractivity contribution is 6.12. The van der Waals surface area contributed by atoms with E-state index in [-0.39, 0.29) is 0 Å². The van der Waals surface area contributed by atoms with Gasteiger partial charge in [0.1, 0.15) is 5.75 Å². The Morgan fingerprint density at radius 2 is 1.35 bits per heavy atom. The maximum Gasteiger partial charge on any atom is 0.119 e. The van der Waals surface area contributed by atoms with Crippen LogP contribution in [0.25, 0.3) is 33.0 Å². The second-order valence-corrected chi connectivity index (χ2v) is 5.46. The van der Waals surface area contributed by atoms with E-state index >= 15 is 0 Å². The lowest BCUT2D eigenvalue weighted by Crippen LogP contribution is -2.05. The molecule has 1 heteroatoms. The lowest BCUT2D eigenvalue weighted by Gasteiger charge is -2.30. The van der Waals surface area contributed by atoms with Gasteiger partial charge in [-0.25, -0.2) is 0 Å². The highest BCUT2D eigenvalue weighted by Crippen LogP contribution is 2.53. The molecular weight excluding hydrogens is 244 g/mol. The zero-order valence-electron chi connectivity index (χ0n) is 11.9. The van der Waals surface area contributed by atoms with Crippen LogP contribution in [0.5, 0.6) is 5.75 Å². The van der Waals surface area contributed by atoms with Crippen molar-refractivity contribution in [3.63, 3.8) is 0 Å². The van der Waals surface area contributed by atoms with Gasteiger partial charge in [-0.3, -0.25) is 0 Å². The van der Waals surface area contributed by atoms with Crippen LogP contribution in [0.2, 0.25) is 0 Å². The van der Waals surface area contributed by atoms with Crippen molar-refractivity contribution in [1.29, 1.82) is 0 Å². The molecule has 0 atom stereocenters. The zero-order valence-corrected chi connectivity index (χ0v) is 11.9. The van der Waals surface area contributed by atoms with Crippen molar-refractivity contribution in [3.05, 3.63) is 53.6 Å². The van der Waals surface area contributed by atoms with Gasteiger partial charge in [-0.2, -0.15) is 0 Å². The number of hydrogen-bond donors (Lipinski definition) is 0. The minimum atomic E-state index is 0.930. The number of aryl methyl sites for hydroxylation is 2. The van der Waals surface area contributed by atoms with Gasteiger partial charge in [0, 0.05) is 0 Å². The quantitative estimate of drug-likeness (QED) is 0.462. The number of benzene rings is 3. The van der Waals surface area contributed by atoms with Crippen molar-refractivity contribution >= 4 is 10.8 Å². The third-order valence-corrected chi connectivity index (χ3v) is 4.50. The van der Waals surface area contributed by atoms with Crippen LogP contribution < -0.4 is 4.74 Å². The minimum Gasteiger partial charge on any atom is -0.497 e. The number of methoxy groups -OCH3 is 1. The highest BCUT2D eigenvalue weighted by atomic mass is 16.5. The van der Waals surface area contributed by atoms with Crippen LogP contribution in [-0.4, -0.2) is 7.11 Å². The Labute approximate surface area is 118 Å². The van der Waals surface area contributed by atoms with Gasteiger partial charge in [0.2, 0.25) is 0 Å². The summed E-state index contributed by atoms with van der Waals surface area (Å²) in [6.07, 6.45) is 0. The fraction of sp³-hybridized carbons (Fsp3) is 0.158. The fourth-order valence-corrected chi connectivity index (χ4v) is 3.47. The average Bonchev–Trinajstić information content (AvgIpc) is 2.47. The second-order valence-electron chi connectivity index (χ2n) is 5.46. The average molecular weight is 260 g/mol. The molecule has 0 bridgehead atoms. The summed E-state index contributed by atoms with van der Waals surface area (Å²) in [5.41, 5.74) is 8.26. The van der Waals surface area contributed by atoms with Crippen molar-refractivity contribution in [1.82, 2.24) is 0 Å². The minimum absolute atomic E-state index is 0.930. The third kappa shape index (κ3) is 1.27. The third-order valence-electron chi connectivity index (χ3n) is 4.50. The molecule has 0 N–H and O–H groups in total. The Kier molecular flexibility index (Phi) is 2.23. The van der Waals surface area contributed by atoms with E-state index in [0.29, 0.717) is 0 Å². The number of ether oxygens (including phenoxy) is 1. The maximum atomic E-state index is 5.36. The maximum absolute atomic E-state index is 5.36. The van der Waals surface area contributed by atoms with Crippen molar-refractivity contribution < 1.29 is 4.74 Å². The molecule has 20 heavy (non-hydrogen) atoms. The lowest BCUT2D eigenvalue weighted by atomic mass is 9.74. The van der Waals surface area contributed by atoms with E-state index in [9.17, 15) is 0 Å². The molecule has 98 valence electrons. The van der Waals surface area contributed by atoms with Crippen molar-refractivity contribution in [2.24, 2.45) is 0 Å². The molecule has 0 radical (unpaired) electrons. The van der Waals surface area contributed by atoms with Gasteiger partial charge in [0.15, 0.2) is 0 Å². The van der Waals surface area contributed by atoms with Gasteiger partial charge in [0.05, 0.1) is 7.11 Å². The molecule has 0 saturated carbocycles. The Morgan fingerprint density at radius 3 is 1.95 bits per heavy atom. The molecule has 0 saturated heterocycles. The first kappa shape index (κ1) is 11.5. The molecule has 0 heterocycles. The number of rotatable bonds is 1. The first-order valence-electron chi connectivity index (χ1n) is 6.93. The fourth-order valence-electron chi connectivity index (χ4n) is 3.47. The summed E-state index contributed by atoms with van der Waals surface area (Å²) in [6.45, 7) is 4.46. The van der Waals surface area contributed by atoms with Gasteiger partial charge < -0.3 is 4.74 Å². The van der Waals surface area contributed by atoms with Crippen molar-refractivity contribution in [2.75, 3.05) is 7.11 Å². The standard InChI is InChI=1S/C19H16O/c1-11-14-6-4-5-7-15(14)12(2)19-17-10-13(20-3)8-9-16(17)18(11)19/h4-10H,1-3H3. The van der Waals surface area contributed by atoms with Crippen molar-refractivity contribution in [2.45, 2.75) is 13.8 Å². The Morgan fingerprint density at radius 1 is 0.750 bits per heavy atom. The van der Waals surface area contributed by atoms with E-state index in [1.165, 1.54) is 44.2 Å². The molecule has 0 amide bonds. The molecule has 4 rings (SSSR count). The summed E-state index contributed by atoms with van der Waals surface area (Å²) in [6, 6.07) is 15.1. The van der Waals surface area contributed by atoms with Crippen LogP contribution in [-0.2, 0) is 0 Å². The molecule has 0 aliphatic heterocycles. The molecule has 3 aromatic rings. The second kappa shape index (κ2) is 3.86. The van der Waals surface area contributed by atoms with Gasteiger partial charge in [-0.05, 0) is 70.1 Å². The van der Waals surface area contributed by atoms with E-state index in [1.54, 1.807) is 7.11 Å². The molecule has 3 aromatic carbocycles. The van der Waals surface area contributed by atoms with E-state index in [2.05, 4.69) is 50.2 Å². The summed E-state index contributed by atoms with van der Waals surface area (Å²) in [5.74, 6) is 0.930. The molecule has 0 aromatic heterocycles. The van der Waals surface area contributed by atoms with Gasteiger partial charge >= 0.3 is 0 Å². The number of hydrogen-bond acceptors (Lipinski definition) is 1. The normalized spacial score (nSPS) is 11.8. The molecule has 0 fully saturated rings. The molecule has 0 unspecified atom stereocenters. The molecule has 1 aliphatic carbocycles. The molecule has 1 nitrogen and oxygen atoms in total. The molecular formula is C19H16O. The van der Waals surface area contributed by atoms with E-state index in [4.69, 9.17) is 4.74 Å². The van der Waals surface area contributed by atoms with Crippen LogP contribution >= 0.6 is 0 Å². The van der Waals surface area contributed by atoms with E-state index in [0.717, 1.165) is 5.75 Å². The van der Waals surface area contributed by atoms with Crippen LogP contribution in [0, 0.1) is 13.8 Å². The first-order chi connectivity index (χ1) is 9.72. The van der Waals surface area contributed by atoms with E-state index < -0.39 is 0 Å². The Bertz CT molecular complexity index is 859. The van der Waals surface area contributed by atoms with Crippen molar-refractivity contribution in [3.8, 4) is 28.0 Å². The summed E-state index contributed by atoms with van der Waals surface area (Å²) < 4.78 is 5.36. The highest BCUT2D eigenvalue weighted by Gasteiger charge is 2.28. The van der Waals surface area contributed by atoms with Crippen LogP contribution in [0.1, 0.15) is 11.1 Å². The van der Waals surface area contributed by atoms with E-state index in [1.807, 2.05) is 6.07 Å². The van der Waals surface area contributed by atoms with Gasteiger partial charge in [-0.15, -0.1) is 0 Å². The summed E-state index contributed by atoms with van der Waals surface area (Å²) in [5, 5.41) is 2.72. The summed E-state index contributed by atoms with van der Waals surface area (Å²) in [7, 11) is 1.72. The largest absolute Gasteiger partial charge is 0.497 e. The first-order valence-corrected chi connectivity index (χ1v) is 6.93. The topological polar surface area (TPSA) is 9.23 Å². The van der Waals surface area contributed by atoms with Crippen LogP contribution in [0.15, 0.2) is 42.5 Å². The molecule has 0 spiro atoms. The summed E-state index contributed by atoms with van der Waals surface area (Å²) >= 11 is 0. The SMILES string of the molecule is COc1ccc2c(c1)-c1c-2c(C)c2ccccc2c1C. The van der Waals surface area contributed by atoms with Gasteiger partial charge in [-0.1, -0.05) is 30.3 Å². The van der Waals surface area contributed by atoms with Crippen LogP contribution in [0.3, 0.4) is 0 Å². The lowest BCUT2D eigenvalue weighted by molar-refractivity contribution is 0.415. The zero-order chi connectivity index (χ0) is 13.9. The monoisotopic (exact) mass is 260 g/mol. The predicted octanol–water partition coefficient (Wildman–Crippen LogP) is 5.11. The predicted molar refractivity (Wildman–Crippen MR) is 84.4 cm³/mol. The smallest absolute Gasteiger partial charge is 0.119 e. The van der Waals surface area contributed by atoms with Crippen LogP contribution in [0.4, 0.5) is 0 Å². The number of fused-ring (bicyclic) bond motifs is 5. The Hall–Kier alpha value is -2.28.